The summed E-state index contributed by atoms with van der Waals surface area (Å²) in [7, 11) is 0. The predicted octanol–water partition coefficient (Wildman–Crippen LogP) is 4.33. The number of hydrogen-bond donors (Lipinski definition) is 0. The van der Waals surface area contributed by atoms with Crippen LogP contribution in [0.3, 0.4) is 0 Å². The van der Waals surface area contributed by atoms with Crippen molar-refractivity contribution in [2.24, 2.45) is 0 Å². The molecule has 1 fully saturated rings. The molecule has 0 bridgehead atoms. The standard InChI is InChI=1S/C26H27ClN2O4/c1-16-14-20-21(15-17(16)2)33-25-22(24(20)30)23(18-4-6-19(27)7-5-18)29(26(25)31)9-3-8-28-10-12-32-13-11-28/h4-7,14-15,23H,3,8-13H2,1-2H3. The number of nitrogens with zero attached hydrogens (tertiary/aromatic N) is 2. The lowest BCUT2D eigenvalue weighted by molar-refractivity contribution is 0.0353. The van der Waals surface area contributed by atoms with Crippen LogP contribution in [0.4, 0.5) is 0 Å². The predicted molar refractivity (Wildman–Crippen MR) is 128 cm³/mol. The van der Waals surface area contributed by atoms with Crippen molar-refractivity contribution < 1.29 is 13.9 Å². The number of fused-ring (bicyclic) bond motifs is 2. The van der Waals surface area contributed by atoms with E-state index in [2.05, 4.69) is 4.90 Å². The Kier molecular flexibility index (Phi) is 5.99. The molecule has 2 aromatic carbocycles. The maximum Gasteiger partial charge on any atom is 0.290 e. The minimum atomic E-state index is -0.489. The maximum absolute atomic E-state index is 13.7. The van der Waals surface area contributed by atoms with Gasteiger partial charge >= 0.3 is 0 Å². The number of aryl methyl sites for hydroxylation is 2. The fourth-order valence-corrected chi connectivity index (χ4v) is 4.91. The first-order valence-electron chi connectivity index (χ1n) is 11.4. The van der Waals surface area contributed by atoms with Crippen molar-refractivity contribution in [1.82, 2.24) is 9.80 Å². The van der Waals surface area contributed by atoms with Gasteiger partial charge < -0.3 is 14.1 Å². The second kappa shape index (κ2) is 8.93. The molecule has 1 saturated heterocycles. The van der Waals surface area contributed by atoms with E-state index in [4.69, 9.17) is 20.8 Å². The molecular weight excluding hydrogens is 440 g/mol. The quantitative estimate of drug-likeness (QED) is 0.560. The number of benzene rings is 2. The average molecular weight is 467 g/mol. The highest BCUT2D eigenvalue weighted by Crippen LogP contribution is 2.38. The minimum Gasteiger partial charge on any atom is -0.450 e. The van der Waals surface area contributed by atoms with Gasteiger partial charge in [-0.3, -0.25) is 14.5 Å². The van der Waals surface area contributed by atoms with Crippen LogP contribution in [0.2, 0.25) is 5.02 Å². The van der Waals surface area contributed by atoms with Gasteiger partial charge in [-0.2, -0.15) is 0 Å². The van der Waals surface area contributed by atoms with Crippen LogP contribution in [0, 0.1) is 13.8 Å². The van der Waals surface area contributed by atoms with E-state index in [-0.39, 0.29) is 17.1 Å². The molecule has 1 atom stereocenters. The number of halogens is 1. The first-order valence-corrected chi connectivity index (χ1v) is 11.8. The fraction of sp³-hybridized carbons (Fsp3) is 0.385. The third kappa shape index (κ3) is 4.07. The Morgan fingerprint density at radius 2 is 1.70 bits per heavy atom. The van der Waals surface area contributed by atoms with Gasteiger partial charge in [-0.1, -0.05) is 23.7 Å². The summed E-state index contributed by atoms with van der Waals surface area (Å²) in [6.45, 7) is 8.63. The topological polar surface area (TPSA) is 63.0 Å². The van der Waals surface area contributed by atoms with Crippen molar-refractivity contribution in [3.05, 3.63) is 79.7 Å². The number of ether oxygens (including phenoxy) is 1. The van der Waals surface area contributed by atoms with Crippen molar-refractivity contribution in [1.29, 1.82) is 0 Å². The van der Waals surface area contributed by atoms with Gasteiger partial charge in [0.2, 0.25) is 5.76 Å². The van der Waals surface area contributed by atoms with Crippen molar-refractivity contribution in [3.8, 4) is 0 Å². The Morgan fingerprint density at radius 1 is 1.00 bits per heavy atom. The molecule has 3 aromatic rings. The van der Waals surface area contributed by atoms with E-state index in [0.717, 1.165) is 56.0 Å². The molecule has 1 unspecified atom stereocenters. The smallest absolute Gasteiger partial charge is 0.290 e. The summed E-state index contributed by atoms with van der Waals surface area (Å²) in [5, 5.41) is 1.12. The average Bonchev–Trinajstić information content (AvgIpc) is 3.09. The van der Waals surface area contributed by atoms with Crippen molar-refractivity contribution >= 4 is 28.5 Å². The highest BCUT2D eigenvalue weighted by molar-refractivity contribution is 6.30. The number of amides is 1. The van der Waals surface area contributed by atoms with E-state index < -0.39 is 6.04 Å². The van der Waals surface area contributed by atoms with E-state index in [1.54, 1.807) is 17.0 Å². The van der Waals surface area contributed by atoms with Gasteiger partial charge in [0.1, 0.15) is 5.58 Å². The van der Waals surface area contributed by atoms with E-state index >= 15 is 0 Å². The van der Waals surface area contributed by atoms with E-state index in [1.807, 2.05) is 38.1 Å². The lowest BCUT2D eigenvalue weighted by atomic mass is 9.97. The Hall–Kier alpha value is -2.67. The summed E-state index contributed by atoms with van der Waals surface area (Å²) in [4.78, 5) is 31.3. The van der Waals surface area contributed by atoms with Crippen molar-refractivity contribution in [2.45, 2.75) is 26.3 Å². The summed E-state index contributed by atoms with van der Waals surface area (Å²) in [6, 6.07) is 10.6. The highest BCUT2D eigenvalue weighted by Gasteiger charge is 2.42. The second-order valence-corrected chi connectivity index (χ2v) is 9.30. The monoisotopic (exact) mass is 466 g/mol. The Balaban J connectivity index is 1.55. The highest BCUT2D eigenvalue weighted by atomic mass is 35.5. The molecule has 0 aliphatic carbocycles. The van der Waals surface area contributed by atoms with Gasteiger partial charge in [0.15, 0.2) is 5.43 Å². The molecule has 172 valence electrons. The van der Waals surface area contributed by atoms with Gasteiger partial charge in [0.25, 0.3) is 5.91 Å². The Bertz CT molecular complexity index is 1260. The molecule has 6 nitrogen and oxygen atoms in total. The first-order chi connectivity index (χ1) is 15.9. The number of morpholine rings is 1. The van der Waals surface area contributed by atoms with Crippen LogP contribution in [0.25, 0.3) is 11.0 Å². The molecule has 1 aromatic heterocycles. The molecule has 0 spiro atoms. The van der Waals surface area contributed by atoms with Crippen LogP contribution in [-0.2, 0) is 4.74 Å². The van der Waals surface area contributed by atoms with Gasteiger partial charge in [0, 0.05) is 31.2 Å². The van der Waals surface area contributed by atoms with Gasteiger partial charge in [-0.05, 0) is 61.2 Å². The molecule has 0 saturated carbocycles. The van der Waals surface area contributed by atoms with Crippen LogP contribution in [0.15, 0.2) is 45.6 Å². The fourth-order valence-electron chi connectivity index (χ4n) is 4.79. The first kappa shape index (κ1) is 22.1. The normalized spacial score (nSPS) is 18.8. The number of carbonyl (C=O) groups excluding carboxylic acids is 1. The number of carbonyl (C=O) groups is 1. The van der Waals surface area contributed by atoms with E-state index in [1.165, 1.54) is 0 Å². The maximum atomic E-state index is 13.7. The third-order valence-electron chi connectivity index (χ3n) is 6.74. The third-order valence-corrected chi connectivity index (χ3v) is 7.00. The van der Waals surface area contributed by atoms with Crippen molar-refractivity contribution in [2.75, 3.05) is 39.4 Å². The molecule has 7 heteroatoms. The zero-order valence-electron chi connectivity index (χ0n) is 18.9. The summed E-state index contributed by atoms with van der Waals surface area (Å²) in [5.74, 6) is -0.0776. The zero-order chi connectivity index (χ0) is 23.1. The molecule has 33 heavy (non-hydrogen) atoms. The molecule has 0 radical (unpaired) electrons. The molecule has 3 heterocycles. The SMILES string of the molecule is Cc1cc2oc3c(c(=O)c2cc1C)C(c1ccc(Cl)cc1)N(CCCN1CCOCC1)C3=O. The molecule has 5 rings (SSSR count). The molecule has 1 amide bonds. The largest absolute Gasteiger partial charge is 0.450 e. The Labute approximate surface area is 197 Å². The summed E-state index contributed by atoms with van der Waals surface area (Å²) in [6.07, 6.45) is 0.801. The summed E-state index contributed by atoms with van der Waals surface area (Å²) in [5.41, 5.74) is 3.63. The van der Waals surface area contributed by atoms with Gasteiger partial charge in [-0.25, -0.2) is 0 Å². The van der Waals surface area contributed by atoms with Crippen LogP contribution in [-0.4, -0.2) is 55.1 Å². The van der Waals surface area contributed by atoms with Crippen LogP contribution in [0.1, 0.15) is 45.3 Å². The zero-order valence-corrected chi connectivity index (χ0v) is 19.7. The molecule has 0 N–H and O–H groups in total. The van der Waals surface area contributed by atoms with E-state index in [0.29, 0.717) is 28.1 Å². The van der Waals surface area contributed by atoms with Crippen molar-refractivity contribution in [3.63, 3.8) is 0 Å². The molecular formula is C26H27ClN2O4. The molecule has 2 aliphatic rings. The van der Waals surface area contributed by atoms with Crippen LogP contribution >= 0.6 is 11.6 Å². The number of rotatable bonds is 5. The molecule has 2 aliphatic heterocycles. The van der Waals surface area contributed by atoms with Gasteiger partial charge in [0.05, 0.1) is 30.2 Å². The minimum absolute atomic E-state index is 0.140. The van der Waals surface area contributed by atoms with Gasteiger partial charge in [-0.15, -0.1) is 0 Å². The Morgan fingerprint density at radius 3 is 2.42 bits per heavy atom. The lowest BCUT2D eigenvalue weighted by Gasteiger charge is -2.29. The van der Waals surface area contributed by atoms with Crippen LogP contribution in [0.5, 0.6) is 0 Å². The summed E-state index contributed by atoms with van der Waals surface area (Å²) < 4.78 is 11.5. The lowest BCUT2D eigenvalue weighted by Crippen LogP contribution is -2.38. The van der Waals surface area contributed by atoms with Crippen LogP contribution < -0.4 is 5.43 Å². The van der Waals surface area contributed by atoms with E-state index in [9.17, 15) is 9.59 Å². The number of hydrogen-bond acceptors (Lipinski definition) is 5. The summed E-state index contributed by atoms with van der Waals surface area (Å²) >= 11 is 6.12. The second-order valence-electron chi connectivity index (χ2n) is 8.87.